The van der Waals surface area contributed by atoms with E-state index in [4.69, 9.17) is 5.11 Å². The van der Waals surface area contributed by atoms with Gasteiger partial charge in [-0.2, -0.15) is 0 Å². The molecule has 0 aliphatic rings. The fraction of sp³-hybridized carbons (Fsp3) is 0.308. The van der Waals surface area contributed by atoms with Gasteiger partial charge < -0.3 is 5.11 Å². The van der Waals surface area contributed by atoms with Gasteiger partial charge in [0, 0.05) is 10.9 Å². The van der Waals surface area contributed by atoms with Crippen LogP contribution in [-0.2, 0) is 9.84 Å². The van der Waals surface area contributed by atoms with E-state index in [1.54, 1.807) is 13.8 Å². The molecule has 4 nitrogen and oxygen atoms in total. The number of carboxylic acids is 1. The molecule has 1 aromatic rings. The molecule has 0 spiro atoms. The largest absolute Gasteiger partial charge is 0.478 e. The number of sulfone groups is 1. The Bertz CT molecular complexity index is 666. The molecule has 1 rings (SSSR count). The van der Waals surface area contributed by atoms with E-state index in [0.29, 0.717) is 10.0 Å². The van der Waals surface area contributed by atoms with E-state index in [1.807, 2.05) is 0 Å². The van der Waals surface area contributed by atoms with Crippen molar-refractivity contribution in [2.75, 3.05) is 5.75 Å². The van der Waals surface area contributed by atoms with E-state index in [0.717, 1.165) is 0 Å². The maximum Gasteiger partial charge on any atom is 0.335 e. The highest BCUT2D eigenvalue weighted by molar-refractivity contribution is 9.10. The molecule has 0 unspecified atom stereocenters. The highest BCUT2D eigenvalue weighted by atomic mass is 79.9. The molecule has 6 heteroatoms. The normalized spacial score (nSPS) is 10.7. The number of aromatic carboxylic acids is 1. The molecule has 102 valence electrons. The summed E-state index contributed by atoms with van der Waals surface area (Å²) < 4.78 is 24.8. The van der Waals surface area contributed by atoms with Crippen LogP contribution in [0.4, 0.5) is 0 Å². The maximum absolute atomic E-state index is 12.2. The number of halogens is 1. The summed E-state index contributed by atoms with van der Waals surface area (Å²) in [6.45, 7) is 3.27. The van der Waals surface area contributed by atoms with Crippen LogP contribution in [0.1, 0.15) is 29.3 Å². The van der Waals surface area contributed by atoms with Gasteiger partial charge in [-0.05, 0) is 31.5 Å². The fourth-order valence-electron chi connectivity index (χ4n) is 1.52. The van der Waals surface area contributed by atoms with Gasteiger partial charge in [0.1, 0.15) is 0 Å². The summed E-state index contributed by atoms with van der Waals surface area (Å²) in [5.41, 5.74) is 0.451. The first kappa shape index (κ1) is 15.7. The first-order chi connectivity index (χ1) is 8.79. The molecule has 0 aliphatic carbocycles. The lowest BCUT2D eigenvalue weighted by molar-refractivity contribution is 0.0696. The van der Waals surface area contributed by atoms with Gasteiger partial charge in [-0.3, -0.25) is 0 Å². The van der Waals surface area contributed by atoms with Gasteiger partial charge in [0.2, 0.25) is 0 Å². The standard InChI is InChI=1S/C13H13BrO4S/c1-3-4-5-6-19(17,18)12-8-10(13(15)16)7-11(14)9(12)2/h7-8H,5-6H2,1-2H3,(H,15,16). The Hall–Kier alpha value is -1.32. The lowest BCUT2D eigenvalue weighted by Crippen LogP contribution is -2.10. The Kier molecular flexibility index (Phi) is 5.15. The Labute approximate surface area is 120 Å². The minimum Gasteiger partial charge on any atom is -0.478 e. The highest BCUT2D eigenvalue weighted by Crippen LogP contribution is 2.27. The number of rotatable bonds is 4. The average Bonchev–Trinajstić information content (AvgIpc) is 2.32. The maximum atomic E-state index is 12.2. The van der Waals surface area contributed by atoms with Crippen molar-refractivity contribution in [1.29, 1.82) is 0 Å². The Morgan fingerprint density at radius 2 is 2.05 bits per heavy atom. The highest BCUT2D eigenvalue weighted by Gasteiger charge is 2.20. The molecule has 0 fully saturated rings. The smallest absolute Gasteiger partial charge is 0.335 e. The average molecular weight is 345 g/mol. The monoisotopic (exact) mass is 344 g/mol. The summed E-state index contributed by atoms with van der Waals surface area (Å²) in [5, 5.41) is 8.97. The van der Waals surface area contributed by atoms with Crippen LogP contribution in [0.2, 0.25) is 0 Å². The van der Waals surface area contributed by atoms with Gasteiger partial charge >= 0.3 is 5.97 Å². The van der Waals surface area contributed by atoms with Crippen LogP contribution >= 0.6 is 15.9 Å². The van der Waals surface area contributed by atoms with Crippen LogP contribution in [0, 0.1) is 18.8 Å². The van der Waals surface area contributed by atoms with Crippen molar-refractivity contribution >= 4 is 31.7 Å². The van der Waals surface area contributed by atoms with Crippen LogP contribution in [0.15, 0.2) is 21.5 Å². The lowest BCUT2D eigenvalue weighted by Gasteiger charge is -2.09. The predicted molar refractivity (Wildman–Crippen MR) is 76.0 cm³/mol. The first-order valence-electron chi connectivity index (χ1n) is 5.45. The van der Waals surface area contributed by atoms with Crippen molar-refractivity contribution in [3.63, 3.8) is 0 Å². The summed E-state index contributed by atoms with van der Waals surface area (Å²) in [7, 11) is -3.54. The predicted octanol–water partition coefficient (Wildman–Crippen LogP) is 2.64. The van der Waals surface area contributed by atoms with Gasteiger partial charge in [0.05, 0.1) is 16.2 Å². The quantitative estimate of drug-likeness (QED) is 0.852. The Morgan fingerprint density at radius 1 is 1.42 bits per heavy atom. The summed E-state index contributed by atoms with van der Waals surface area (Å²) in [4.78, 5) is 11.0. The van der Waals surface area contributed by atoms with Crippen molar-refractivity contribution in [2.24, 2.45) is 0 Å². The molecular weight excluding hydrogens is 332 g/mol. The summed E-state index contributed by atoms with van der Waals surface area (Å²) >= 11 is 3.18. The van der Waals surface area contributed by atoms with Crippen LogP contribution in [0.5, 0.6) is 0 Å². The Morgan fingerprint density at radius 3 is 2.58 bits per heavy atom. The van der Waals surface area contributed by atoms with Crippen LogP contribution in [-0.4, -0.2) is 25.2 Å². The number of carboxylic acid groups (broad SMARTS) is 1. The zero-order valence-electron chi connectivity index (χ0n) is 10.5. The van der Waals surface area contributed by atoms with Crippen molar-refractivity contribution in [1.82, 2.24) is 0 Å². The molecule has 0 amide bonds. The van der Waals surface area contributed by atoms with E-state index in [9.17, 15) is 13.2 Å². The van der Waals surface area contributed by atoms with E-state index >= 15 is 0 Å². The van der Waals surface area contributed by atoms with Crippen molar-refractivity contribution in [3.05, 3.63) is 27.7 Å². The first-order valence-corrected chi connectivity index (χ1v) is 7.90. The van der Waals surface area contributed by atoms with E-state index < -0.39 is 15.8 Å². The molecule has 0 aromatic heterocycles. The molecule has 0 atom stereocenters. The molecule has 1 N–H and O–H groups in total. The van der Waals surface area contributed by atoms with Gasteiger partial charge in [0.15, 0.2) is 9.84 Å². The van der Waals surface area contributed by atoms with Crippen LogP contribution < -0.4 is 0 Å². The molecule has 1 aromatic carbocycles. The molecule has 0 heterocycles. The van der Waals surface area contributed by atoms with E-state index in [1.165, 1.54) is 12.1 Å². The number of benzene rings is 1. The second-order valence-electron chi connectivity index (χ2n) is 3.88. The summed E-state index contributed by atoms with van der Waals surface area (Å²) in [6, 6.07) is 2.58. The molecule has 0 saturated carbocycles. The van der Waals surface area contributed by atoms with E-state index in [2.05, 4.69) is 27.8 Å². The summed E-state index contributed by atoms with van der Waals surface area (Å²) in [5.74, 6) is 4.04. The third kappa shape index (κ3) is 3.82. The number of carbonyl (C=O) groups is 1. The minimum atomic E-state index is -3.54. The topological polar surface area (TPSA) is 71.4 Å². The molecule has 0 saturated heterocycles. The Balaban J connectivity index is 3.31. The van der Waals surface area contributed by atoms with Gasteiger partial charge in [-0.1, -0.05) is 15.9 Å². The van der Waals surface area contributed by atoms with Crippen molar-refractivity contribution < 1.29 is 18.3 Å². The van der Waals surface area contributed by atoms with Crippen molar-refractivity contribution in [3.8, 4) is 11.8 Å². The SMILES string of the molecule is CC#CCCS(=O)(=O)c1cc(C(=O)O)cc(Br)c1C. The second kappa shape index (κ2) is 6.22. The molecule has 0 bridgehead atoms. The van der Waals surface area contributed by atoms with Gasteiger partial charge in [-0.15, -0.1) is 11.8 Å². The fourth-order valence-corrected chi connectivity index (χ4v) is 3.59. The van der Waals surface area contributed by atoms with Crippen LogP contribution in [0.25, 0.3) is 0 Å². The third-order valence-electron chi connectivity index (χ3n) is 2.55. The molecule has 0 radical (unpaired) electrons. The second-order valence-corrected chi connectivity index (χ2v) is 6.81. The number of hydrogen-bond acceptors (Lipinski definition) is 3. The number of hydrogen-bond donors (Lipinski definition) is 1. The van der Waals surface area contributed by atoms with E-state index in [-0.39, 0.29) is 22.6 Å². The molecule has 0 aliphatic heterocycles. The minimum absolute atomic E-state index is 0.0391. The zero-order chi connectivity index (χ0) is 14.6. The summed E-state index contributed by atoms with van der Waals surface area (Å²) in [6.07, 6.45) is 0.229. The molecular formula is C13H13BrO4S. The molecule has 19 heavy (non-hydrogen) atoms. The van der Waals surface area contributed by atoms with Gasteiger partial charge in [-0.25, -0.2) is 13.2 Å². The third-order valence-corrected chi connectivity index (χ3v) is 5.21. The lowest BCUT2D eigenvalue weighted by atomic mass is 10.1. The van der Waals surface area contributed by atoms with Crippen LogP contribution in [0.3, 0.4) is 0 Å². The van der Waals surface area contributed by atoms with Gasteiger partial charge in [0.25, 0.3) is 0 Å². The zero-order valence-corrected chi connectivity index (χ0v) is 12.9. The van der Waals surface area contributed by atoms with Crippen molar-refractivity contribution in [2.45, 2.75) is 25.2 Å².